The fourth-order valence-electron chi connectivity index (χ4n) is 2.31. The van der Waals surface area contributed by atoms with E-state index >= 15 is 0 Å². The number of anilines is 1. The highest BCUT2D eigenvalue weighted by molar-refractivity contribution is 7.80. The molecular formula is C19H20ClF3N2S. The zero-order chi connectivity index (χ0) is 19.5. The lowest BCUT2D eigenvalue weighted by Gasteiger charge is -2.19. The first-order valence-electron chi connectivity index (χ1n) is 7.98. The van der Waals surface area contributed by atoms with Gasteiger partial charge in [0.15, 0.2) is 5.11 Å². The van der Waals surface area contributed by atoms with E-state index in [4.69, 9.17) is 23.8 Å². The Morgan fingerprint density at radius 2 is 1.65 bits per heavy atom. The van der Waals surface area contributed by atoms with Crippen molar-refractivity contribution in [1.82, 2.24) is 5.32 Å². The molecule has 0 heterocycles. The molecule has 0 fully saturated rings. The van der Waals surface area contributed by atoms with Crippen molar-refractivity contribution in [3.8, 4) is 0 Å². The zero-order valence-corrected chi connectivity index (χ0v) is 16.2. The maximum absolute atomic E-state index is 12.9. The summed E-state index contributed by atoms with van der Waals surface area (Å²) >= 11 is 10.8. The van der Waals surface area contributed by atoms with Gasteiger partial charge in [-0.1, -0.05) is 50.6 Å². The average molecular weight is 401 g/mol. The summed E-state index contributed by atoms with van der Waals surface area (Å²) in [5.41, 5.74) is 1.65. The molecule has 2 nitrogen and oxygen atoms in total. The van der Waals surface area contributed by atoms with Crippen molar-refractivity contribution in [2.24, 2.45) is 0 Å². The Hall–Kier alpha value is -1.79. The number of hydrogen-bond donors (Lipinski definition) is 2. The molecule has 0 aromatic heterocycles. The monoisotopic (exact) mass is 400 g/mol. The summed E-state index contributed by atoms with van der Waals surface area (Å²) in [5.74, 6) is 0. The quantitative estimate of drug-likeness (QED) is 0.605. The molecule has 0 saturated carbocycles. The van der Waals surface area contributed by atoms with Crippen LogP contribution in [0.5, 0.6) is 0 Å². The van der Waals surface area contributed by atoms with Crippen molar-refractivity contribution in [3.05, 3.63) is 64.2 Å². The second-order valence-corrected chi connectivity index (χ2v) is 7.76. The van der Waals surface area contributed by atoms with Gasteiger partial charge in [-0.2, -0.15) is 13.2 Å². The number of halogens is 4. The average Bonchev–Trinajstić information content (AvgIpc) is 2.52. The Balaban J connectivity index is 1.97. The molecule has 0 saturated heterocycles. The summed E-state index contributed by atoms with van der Waals surface area (Å²) in [7, 11) is 0. The maximum Gasteiger partial charge on any atom is 0.417 e. The van der Waals surface area contributed by atoms with Crippen molar-refractivity contribution in [1.29, 1.82) is 0 Å². The summed E-state index contributed by atoms with van der Waals surface area (Å²) in [5, 5.41) is 5.93. The van der Waals surface area contributed by atoms with Crippen LogP contribution < -0.4 is 10.6 Å². The first kappa shape index (κ1) is 20.5. The van der Waals surface area contributed by atoms with E-state index in [9.17, 15) is 13.2 Å². The minimum Gasteiger partial charge on any atom is -0.358 e. The van der Waals surface area contributed by atoms with Crippen molar-refractivity contribution in [2.75, 3.05) is 5.32 Å². The van der Waals surface area contributed by atoms with Crippen molar-refractivity contribution < 1.29 is 13.2 Å². The molecule has 0 aliphatic rings. The molecular weight excluding hydrogens is 381 g/mol. The Bertz CT molecular complexity index is 781. The van der Waals surface area contributed by atoms with E-state index in [1.807, 2.05) is 24.3 Å². The highest BCUT2D eigenvalue weighted by Crippen LogP contribution is 2.35. The highest BCUT2D eigenvalue weighted by atomic mass is 35.5. The van der Waals surface area contributed by atoms with Gasteiger partial charge < -0.3 is 10.6 Å². The van der Waals surface area contributed by atoms with Gasteiger partial charge in [-0.05, 0) is 53.0 Å². The summed E-state index contributed by atoms with van der Waals surface area (Å²) in [6.45, 7) is 6.54. The van der Waals surface area contributed by atoms with Crippen molar-refractivity contribution >= 4 is 34.6 Å². The second kappa shape index (κ2) is 7.84. The van der Waals surface area contributed by atoms with Crippen LogP contribution in [0, 0.1) is 0 Å². The minimum atomic E-state index is -4.49. The van der Waals surface area contributed by atoms with Gasteiger partial charge in [0.1, 0.15) is 0 Å². The van der Waals surface area contributed by atoms with E-state index in [-0.39, 0.29) is 17.0 Å². The Labute approximate surface area is 161 Å². The Kier molecular flexibility index (Phi) is 6.19. The van der Waals surface area contributed by atoms with Crippen LogP contribution in [0.3, 0.4) is 0 Å². The predicted octanol–water partition coefficient (Wildman–Crippen LogP) is 6.14. The largest absolute Gasteiger partial charge is 0.417 e. The lowest BCUT2D eigenvalue weighted by Crippen LogP contribution is -2.28. The predicted molar refractivity (Wildman–Crippen MR) is 105 cm³/mol. The smallest absolute Gasteiger partial charge is 0.358 e. The van der Waals surface area contributed by atoms with Crippen LogP contribution in [0.15, 0.2) is 42.5 Å². The highest BCUT2D eigenvalue weighted by Gasteiger charge is 2.33. The third kappa shape index (κ3) is 5.61. The van der Waals surface area contributed by atoms with Crippen LogP contribution in [0.25, 0.3) is 0 Å². The Morgan fingerprint density at radius 1 is 1.04 bits per heavy atom. The number of alkyl halides is 3. The minimum absolute atomic E-state index is 0.0576. The van der Waals surface area contributed by atoms with E-state index in [0.29, 0.717) is 10.7 Å². The number of benzene rings is 2. The molecule has 2 aromatic carbocycles. The molecule has 0 unspecified atom stereocenters. The Morgan fingerprint density at radius 3 is 2.19 bits per heavy atom. The van der Waals surface area contributed by atoms with Crippen LogP contribution in [0.1, 0.15) is 37.5 Å². The van der Waals surface area contributed by atoms with Crippen LogP contribution in [0.4, 0.5) is 18.9 Å². The van der Waals surface area contributed by atoms with E-state index in [1.54, 1.807) is 0 Å². The number of hydrogen-bond acceptors (Lipinski definition) is 1. The van der Waals surface area contributed by atoms with Gasteiger partial charge in [-0.15, -0.1) is 0 Å². The van der Waals surface area contributed by atoms with Crippen molar-refractivity contribution in [2.45, 2.75) is 38.9 Å². The molecule has 0 amide bonds. The molecule has 2 N–H and O–H groups in total. The first-order valence-corrected chi connectivity index (χ1v) is 8.76. The molecule has 140 valence electrons. The van der Waals surface area contributed by atoms with Crippen molar-refractivity contribution in [3.63, 3.8) is 0 Å². The summed E-state index contributed by atoms with van der Waals surface area (Å²) in [6.07, 6.45) is -4.49. The lowest BCUT2D eigenvalue weighted by molar-refractivity contribution is -0.137. The van der Waals surface area contributed by atoms with Gasteiger partial charge in [-0.25, -0.2) is 0 Å². The molecule has 26 heavy (non-hydrogen) atoms. The van der Waals surface area contributed by atoms with E-state index in [2.05, 4.69) is 31.4 Å². The second-order valence-electron chi connectivity index (χ2n) is 6.95. The molecule has 0 atom stereocenters. The first-order chi connectivity index (χ1) is 12.0. The van der Waals surface area contributed by atoms with Gasteiger partial charge in [-0.3, -0.25) is 0 Å². The molecule has 2 aromatic rings. The molecule has 7 heteroatoms. The third-order valence-corrected chi connectivity index (χ3v) is 4.37. The zero-order valence-electron chi connectivity index (χ0n) is 14.7. The van der Waals surface area contributed by atoms with Crippen LogP contribution in [0.2, 0.25) is 5.02 Å². The number of thiocarbonyl (C=S) groups is 1. The molecule has 2 rings (SSSR count). The van der Waals surface area contributed by atoms with Gasteiger partial charge in [0, 0.05) is 12.2 Å². The lowest BCUT2D eigenvalue weighted by atomic mass is 9.87. The van der Waals surface area contributed by atoms with Crippen LogP contribution >= 0.6 is 23.8 Å². The van der Waals surface area contributed by atoms with E-state index in [1.165, 1.54) is 17.7 Å². The van der Waals surface area contributed by atoms with Gasteiger partial charge in [0.25, 0.3) is 0 Å². The summed E-state index contributed by atoms with van der Waals surface area (Å²) in [6, 6.07) is 11.7. The standard InChI is InChI=1S/C19H20ClF3N2S/c1-18(2,3)13-5-7-14(8-6-13)25-17(26)24-11-12-4-9-16(20)15(10-12)19(21,22)23/h4-10H,11H2,1-3H3,(H2,24,25,26). The van der Waals surface area contributed by atoms with E-state index in [0.717, 1.165) is 11.8 Å². The van der Waals surface area contributed by atoms with Gasteiger partial charge in [0.05, 0.1) is 10.6 Å². The van der Waals surface area contributed by atoms with E-state index < -0.39 is 11.7 Å². The molecule has 0 radical (unpaired) electrons. The third-order valence-electron chi connectivity index (χ3n) is 3.80. The summed E-state index contributed by atoms with van der Waals surface area (Å²) < 4.78 is 38.7. The van der Waals surface area contributed by atoms with Crippen LogP contribution in [-0.4, -0.2) is 5.11 Å². The molecule has 0 spiro atoms. The number of rotatable bonds is 3. The normalized spacial score (nSPS) is 12.0. The van der Waals surface area contributed by atoms with Gasteiger partial charge in [0.2, 0.25) is 0 Å². The maximum atomic E-state index is 12.9. The SMILES string of the molecule is CC(C)(C)c1ccc(NC(=S)NCc2ccc(Cl)c(C(F)(F)F)c2)cc1. The fourth-order valence-corrected chi connectivity index (χ4v) is 2.73. The van der Waals surface area contributed by atoms with Gasteiger partial charge >= 0.3 is 6.18 Å². The van der Waals surface area contributed by atoms with Crippen LogP contribution in [-0.2, 0) is 18.1 Å². The fraction of sp³-hybridized carbons (Fsp3) is 0.316. The molecule has 0 bridgehead atoms. The molecule has 0 aliphatic heterocycles. The molecule has 0 aliphatic carbocycles. The summed E-state index contributed by atoms with van der Waals surface area (Å²) in [4.78, 5) is 0. The number of nitrogens with one attached hydrogen (secondary N) is 2. The topological polar surface area (TPSA) is 24.1 Å².